The first-order valence-corrected chi connectivity index (χ1v) is 13.5. The molecule has 4 rings (SSSR count). The summed E-state index contributed by atoms with van der Waals surface area (Å²) in [5.41, 5.74) is 0.809. The molecule has 1 aromatic heterocycles. The minimum atomic E-state index is -4.21. The summed E-state index contributed by atoms with van der Waals surface area (Å²) in [7, 11) is -2.34. The van der Waals surface area contributed by atoms with E-state index in [-0.39, 0.29) is 23.4 Å². The molecule has 0 spiro atoms. The third-order valence-corrected chi connectivity index (χ3v) is 8.34. The Hall–Kier alpha value is -3.36. The van der Waals surface area contributed by atoms with Gasteiger partial charge in [-0.15, -0.1) is 0 Å². The normalized spacial score (nSPS) is 15.5. The van der Waals surface area contributed by atoms with Crippen LogP contribution in [0.5, 0.6) is 0 Å². The average Bonchev–Trinajstić information content (AvgIpc) is 2.89. The van der Waals surface area contributed by atoms with E-state index in [0.29, 0.717) is 43.1 Å². The maximum Gasteiger partial charge on any atom is 0.390 e. The van der Waals surface area contributed by atoms with E-state index in [9.17, 15) is 30.4 Å². The van der Waals surface area contributed by atoms with E-state index in [2.05, 4.69) is 20.6 Å². The van der Waals surface area contributed by atoms with E-state index in [1.165, 1.54) is 35.7 Å². The zero-order valence-corrected chi connectivity index (χ0v) is 21.7. The van der Waals surface area contributed by atoms with Gasteiger partial charge in [0.25, 0.3) is 0 Å². The molecule has 1 aliphatic heterocycles. The van der Waals surface area contributed by atoms with E-state index in [1.54, 1.807) is 23.1 Å². The number of sulfonamides is 1. The first-order valence-electron chi connectivity index (χ1n) is 12.1. The number of anilines is 4. The van der Waals surface area contributed by atoms with Gasteiger partial charge in [0, 0.05) is 43.3 Å². The minimum Gasteiger partial charge on any atom is -0.340 e. The van der Waals surface area contributed by atoms with Crippen LogP contribution >= 0.6 is 0 Å². The van der Waals surface area contributed by atoms with Crippen molar-refractivity contribution in [1.82, 2.24) is 19.2 Å². The second-order valence-corrected chi connectivity index (χ2v) is 11.1. The predicted octanol–water partition coefficient (Wildman–Crippen LogP) is 5.28. The number of rotatable bonds is 9. The van der Waals surface area contributed by atoms with E-state index < -0.39 is 34.3 Å². The SMILES string of the molecule is CN(C1CCN(CCC(F)(F)F)CC1)S(=O)(=O)c1ccc(Nc2nccc(Nc3ccc(F)c(F)c3)n2)cc1. The van der Waals surface area contributed by atoms with Crippen LogP contribution in [0.4, 0.5) is 45.1 Å². The van der Waals surface area contributed by atoms with Crippen LogP contribution in [-0.4, -0.2) is 66.5 Å². The van der Waals surface area contributed by atoms with Crippen molar-refractivity contribution in [2.45, 2.75) is 36.4 Å². The van der Waals surface area contributed by atoms with Crippen molar-refractivity contribution in [3.63, 3.8) is 0 Å². The Morgan fingerprint density at radius 1 is 0.974 bits per heavy atom. The predicted molar refractivity (Wildman–Crippen MR) is 136 cm³/mol. The molecular weight excluding hydrogens is 543 g/mol. The number of halogens is 5. The van der Waals surface area contributed by atoms with Crippen LogP contribution in [0.2, 0.25) is 0 Å². The van der Waals surface area contributed by atoms with Crippen molar-refractivity contribution in [1.29, 1.82) is 0 Å². The highest BCUT2D eigenvalue weighted by Crippen LogP contribution is 2.26. The lowest BCUT2D eigenvalue weighted by atomic mass is 10.1. The van der Waals surface area contributed by atoms with Crippen LogP contribution in [0.15, 0.2) is 59.6 Å². The van der Waals surface area contributed by atoms with E-state index in [1.807, 2.05) is 0 Å². The third-order valence-electron chi connectivity index (χ3n) is 6.42. The van der Waals surface area contributed by atoms with E-state index in [0.717, 1.165) is 12.1 Å². The molecule has 2 heterocycles. The average molecular weight is 571 g/mol. The first-order chi connectivity index (χ1) is 18.4. The molecule has 3 aromatic rings. The largest absolute Gasteiger partial charge is 0.390 e. The van der Waals surface area contributed by atoms with Crippen molar-refractivity contribution in [3.8, 4) is 0 Å². The van der Waals surface area contributed by atoms with Crippen LogP contribution in [0.25, 0.3) is 0 Å². The molecule has 2 aromatic carbocycles. The number of hydrogen-bond donors (Lipinski definition) is 2. The molecule has 0 saturated carbocycles. The van der Waals surface area contributed by atoms with Gasteiger partial charge in [-0.25, -0.2) is 22.2 Å². The first kappa shape index (κ1) is 28.6. The van der Waals surface area contributed by atoms with Crippen LogP contribution in [0, 0.1) is 11.6 Å². The van der Waals surface area contributed by atoms with Gasteiger partial charge in [-0.1, -0.05) is 0 Å². The Labute approximate surface area is 222 Å². The fraction of sp³-hybridized carbons (Fsp3) is 0.360. The van der Waals surface area contributed by atoms with Gasteiger partial charge in [0.2, 0.25) is 16.0 Å². The van der Waals surface area contributed by atoms with E-state index in [4.69, 9.17) is 0 Å². The molecule has 0 atom stereocenters. The quantitative estimate of drug-likeness (QED) is 0.339. The number of likely N-dealkylation sites (tertiary alicyclic amines) is 1. The Kier molecular flexibility index (Phi) is 8.67. The molecule has 0 aliphatic carbocycles. The van der Waals surface area contributed by atoms with Gasteiger partial charge in [-0.2, -0.15) is 22.5 Å². The number of benzene rings is 2. The number of nitrogens with zero attached hydrogens (tertiary/aromatic N) is 4. The van der Waals surface area contributed by atoms with Crippen molar-refractivity contribution >= 4 is 33.2 Å². The standard InChI is InChI=1S/C25H27F5N6O2S/c1-35(19-9-13-36(14-10-19)15-11-25(28,29)30)39(37,38)20-5-2-17(3-6-20)33-24-31-12-8-23(34-24)32-18-4-7-21(26)22(27)16-18/h2-8,12,16,19H,9-11,13-15H2,1H3,(H2,31,32,33,34). The molecule has 0 bridgehead atoms. The summed E-state index contributed by atoms with van der Waals surface area (Å²) < 4.78 is 91.7. The lowest BCUT2D eigenvalue weighted by Crippen LogP contribution is -2.46. The highest BCUT2D eigenvalue weighted by molar-refractivity contribution is 7.89. The summed E-state index contributed by atoms with van der Waals surface area (Å²) >= 11 is 0. The topological polar surface area (TPSA) is 90.5 Å². The molecule has 14 heteroatoms. The molecule has 210 valence electrons. The van der Waals surface area contributed by atoms with Gasteiger partial charge < -0.3 is 15.5 Å². The molecular formula is C25H27F5N6O2S. The molecule has 0 radical (unpaired) electrons. The highest BCUT2D eigenvalue weighted by atomic mass is 32.2. The Balaban J connectivity index is 1.35. The summed E-state index contributed by atoms with van der Waals surface area (Å²) in [5, 5.41) is 5.81. The van der Waals surface area contributed by atoms with E-state index >= 15 is 0 Å². The lowest BCUT2D eigenvalue weighted by molar-refractivity contribution is -0.138. The zero-order valence-electron chi connectivity index (χ0n) is 20.9. The van der Waals surface area contributed by atoms with Crippen molar-refractivity contribution < 1.29 is 30.4 Å². The van der Waals surface area contributed by atoms with Crippen LogP contribution in [0.1, 0.15) is 19.3 Å². The molecule has 1 saturated heterocycles. The Morgan fingerprint density at radius 2 is 1.64 bits per heavy atom. The van der Waals surface area contributed by atoms with Gasteiger partial charge in [-0.05, 0) is 68.4 Å². The third kappa shape index (κ3) is 7.61. The number of aromatic nitrogens is 2. The summed E-state index contributed by atoms with van der Waals surface area (Å²) in [6.07, 6.45) is -2.75. The molecule has 39 heavy (non-hydrogen) atoms. The Bertz CT molecular complexity index is 1380. The molecule has 0 unspecified atom stereocenters. The minimum absolute atomic E-state index is 0.0738. The summed E-state index contributed by atoms with van der Waals surface area (Å²) in [6, 6.07) is 10.6. The fourth-order valence-electron chi connectivity index (χ4n) is 4.20. The molecule has 0 amide bonds. The second kappa shape index (κ2) is 11.8. The molecule has 1 aliphatic rings. The number of alkyl halides is 3. The van der Waals surface area contributed by atoms with Crippen molar-refractivity contribution in [3.05, 3.63) is 66.4 Å². The smallest absolute Gasteiger partial charge is 0.340 e. The molecule has 2 N–H and O–H groups in total. The fourth-order valence-corrected chi connectivity index (χ4v) is 5.62. The van der Waals surface area contributed by atoms with Crippen LogP contribution in [0.3, 0.4) is 0 Å². The second-order valence-electron chi connectivity index (χ2n) is 9.13. The number of piperidine rings is 1. The molecule has 1 fully saturated rings. The van der Waals surface area contributed by atoms with Gasteiger partial charge in [0.05, 0.1) is 11.3 Å². The van der Waals surface area contributed by atoms with Gasteiger partial charge in [0.15, 0.2) is 11.6 Å². The van der Waals surface area contributed by atoms with Crippen molar-refractivity contribution in [2.24, 2.45) is 0 Å². The maximum absolute atomic E-state index is 13.5. The van der Waals surface area contributed by atoms with Crippen molar-refractivity contribution in [2.75, 3.05) is 37.3 Å². The maximum atomic E-state index is 13.5. The van der Waals surface area contributed by atoms with Gasteiger partial charge >= 0.3 is 6.18 Å². The van der Waals surface area contributed by atoms with Crippen LogP contribution < -0.4 is 10.6 Å². The number of nitrogens with one attached hydrogen (secondary N) is 2. The number of hydrogen-bond acceptors (Lipinski definition) is 7. The lowest BCUT2D eigenvalue weighted by Gasteiger charge is -2.36. The monoisotopic (exact) mass is 570 g/mol. The van der Waals surface area contributed by atoms with Gasteiger partial charge in [-0.3, -0.25) is 0 Å². The van der Waals surface area contributed by atoms with Crippen LogP contribution in [-0.2, 0) is 10.0 Å². The zero-order chi connectivity index (χ0) is 28.2. The Morgan fingerprint density at radius 3 is 2.28 bits per heavy atom. The summed E-state index contributed by atoms with van der Waals surface area (Å²) in [4.78, 5) is 10.2. The highest BCUT2D eigenvalue weighted by Gasteiger charge is 2.33. The summed E-state index contributed by atoms with van der Waals surface area (Å²) in [6.45, 7) is 0.704. The molecule has 8 nitrogen and oxygen atoms in total. The van der Waals surface area contributed by atoms with Gasteiger partial charge in [0.1, 0.15) is 5.82 Å². The summed E-state index contributed by atoms with van der Waals surface area (Å²) in [5.74, 6) is -1.46.